The van der Waals surface area contributed by atoms with Crippen LogP contribution in [-0.4, -0.2) is 53.3 Å². The zero-order valence-corrected chi connectivity index (χ0v) is 23.4. The van der Waals surface area contributed by atoms with Gasteiger partial charge >= 0.3 is 0 Å². The van der Waals surface area contributed by atoms with E-state index < -0.39 is 0 Å². The fourth-order valence-electron chi connectivity index (χ4n) is 3.93. The van der Waals surface area contributed by atoms with Crippen molar-refractivity contribution < 1.29 is 14.3 Å². The summed E-state index contributed by atoms with van der Waals surface area (Å²) in [6.45, 7) is 15.2. The maximum absolute atomic E-state index is 13.3. The fourth-order valence-corrected chi connectivity index (χ4v) is 3.93. The molecule has 0 atom stereocenters. The number of aromatic nitrogens is 2. The molecule has 2 aromatic carbocycles. The van der Waals surface area contributed by atoms with Gasteiger partial charge in [-0.25, -0.2) is 4.68 Å². The molecule has 198 valence electrons. The molecule has 0 saturated carbocycles. The topological polar surface area (TPSA) is 76.5 Å². The Kier molecular flexibility index (Phi) is 8.59. The van der Waals surface area contributed by atoms with Crippen molar-refractivity contribution in [3.8, 4) is 5.69 Å². The highest BCUT2D eigenvalue weighted by Crippen LogP contribution is 2.27. The number of para-hydroxylation sites is 1. The minimum Gasteiger partial charge on any atom is -0.383 e. The number of carbonyl (C=O) groups excluding carboxylic acids is 2. The summed E-state index contributed by atoms with van der Waals surface area (Å²) in [7, 11) is 1.58. The monoisotopic (exact) mass is 504 g/mol. The molecule has 0 aliphatic rings. The van der Waals surface area contributed by atoms with Crippen molar-refractivity contribution in [1.82, 2.24) is 14.7 Å². The van der Waals surface area contributed by atoms with Gasteiger partial charge in [0.15, 0.2) is 0 Å². The lowest BCUT2D eigenvalue weighted by molar-refractivity contribution is -0.117. The molecule has 3 aromatic rings. The number of benzene rings is 2. The van der Waals surface area contributed by atoms with E-state index in [-0.39, 0.29) is 29.2 Å². The van der Waals surface area contributed by atoms with E-state index in [1.54, 1.807) is 11.8 Å². The molecule has 0 fully saturated rings. The van der Waals surface area contributed by atoms with E-state index in [0.717, 1.165) is 22.5 Å². The number of anilines is 1. The summed E-state index contributed by atoms with van der Waals surface area (Å²) in [5.41, 5.74) is 4.26. The first-order chi connectivity index (χ1) is 17.3. The van der Waals surface area contributed by atoms with Crippen molar-refractivity contribution in [3.05, 3.63) is 77.0 Å². The van der Waals surface area contributed by atoms with E-state index in [4.69, 9.17) is 9.84 Å². The number of amides is 2. The third-order valence-electron chi connectivity index (χ3n) is 6.27. The van der Waals surface area contributed by atoms with Crippen LogP contribution in [0.15, 0.2) is 54.6 Å². The van der Waals surface area contributed by atoms with Crippen LogP contribution in [0.25, 0.3) is 5.69 Å². The number of hydrogen-bond donors (Lipinski definition) is 1. The zero-order chi connectivity index (χ0) is 27.4. The Balaban J connectivity index is 1.85. The summed E-state index contributed by atoms with van der Waals surface area (Å²) in [6.07, 6.45) is 0. The molecule has 7 heteroatoms. The van der Waals surface area contributed by atoms with Crippen molar-refractivity contribution in [2.45, 2.75) is 59.3 Å². The van der Waals surface area contributed by atoms with Crippen LogP contribution in [0.2, 0.25) is 0 Å². The first kappa shape index (κ1) is 28.1. The molecule has 37 heavy (non-hydrogen) atoms. The van der Waals surface area contributed by atoms with Gasteiger partial charge in [0, 0.05) is 30.7 Å². The Bertz CT molecular complexity index is 1230. The van der Waals surface area contributed by atoms with Gasteiger partial charge in [0.1, 0.15) is 12.4 Å². The minimum absolute atomic E-state index is 0.0107. The summed E-state index contributed by atoms with van der Waals surface area (Å²) in [5, 5.41) is 7.80. The highest BCUT2D eigenvalue weighted by Gasteiger charge is 2.24. The van der Waals surface area contributed by atoms with Crippen LogP contribution in [0.5, 0.6) is 0 Å². The Morgan fingerprint density at radius 2 is 1.62 bits per heavy atom. The first-order valence-electron chi connectivity index (χ1n) is 12.7. The summed E-state index contributed by atoms with van der Waals surface area (Å²) >= 11 is 0. The molecular formula is C30H40N4O3. The third-order valence-corrected chi connectivity index (χ3v) is 6.27. The molecular weight excluding hydrogens is 464 g/mol. The molecule has 0 bridgehead atoms. The number of nitrogens with zero attached hydrogens (tertiary/aromatic N) is 3. The molecule has 0 aliphatic heterocycles. The van der Waals surface area contributed by atoms with Crippen LogP contribution in [-0.2, 0) is 20.4 Å². The number of carbonyl (C=O) groups is 2. The largest absolute Gasteiger partial charge is 0.383 e. The summed E-state index contributed by atoms with van der Waals surface area (Å²) < 4.78 is 6.98. The van der Waals surface area contributed by atoms with Crippen molar-refractivity contribution in [1.29, 1.82) is 0 Å². The van der Waals surface area contributed by atoms with E-state index in [0.29, 0.717) is 24.5 Å². The maximum atomic E-state index is 13.3. The summed E-state index contributed by atoms with van der Waals surface area (Å²) in [4.78, 5) is 28.1. The Hall–Kier alpha value is -3.45. The lowest BCUT2D eigenvalue weighted by Crippen LogP contribution is -2.40. The van der Waals surface area contributed by atoms with E-state index in [1.807, 2.05) is 61.5 Å². The number of methoxy groups -OCH3 is 1. The molecule has 0 unspecified atom stereocenters. The number of aryl methyl sites for hydroxylation is 1. The summed E-state index contributed by atoms with van der Waals surface area (Å²) in [5.74, 6) is 0.0549. The quantitative estimate of drug-likeness (QED) is 0.439. The molecule has 7 nitrogen and oxygen atoms in total. The maximum Gasteiger partial charge on any atom is 0.254 e. The Morgan fingerprint density at radius 1 is 0.973 bits per heavy atom. The van der Waals surface area contributed by atoms with Crippen LogP contribution in [0.4, 0.5) is 5.82 Å². The second-order valence-corrected chi connectivity index (χ2v) is 11.5. The van der Waals surface area contributed by atoms with Crippen LogP contribution >= 0.6 is 0 Å². The van der Waals surface area contributed by atoms with Gasteiger partial charge < -0.3 is 15.0 Å². The van der Waals surface area contributed by atoms with E-state index in [1.165, 1.54) is 4.90 Å². The fraction of sp³-hybridized carbons (Fsp3) is 0.433. The van der Waals surface area contributed by atoms with Crippen LogP contribution in [0, 0.1) is 6.92 Å². The first-order valence-corrected chi connectivity index (χ1v) is 12.7. The lowest BCUT2D eigenvalue weighted by atomic mass is 9.86. The molecule has 1 heterocycles. The van der Waals surface area contributed by atoms with Crippen LogP contribution < -0.4 is 5.32 Å². The molecule has 0 saturated heterocycles. The highest BCUT2D eigenvalue weighted by atomic mass is 16.5. The van der Waals surface area contributed by atoms with Crippen molar-refractivity contribution in [2.75, 3.05) is 32.1 Å². The molecule has 3 rings (SSSR count). The number of hydrogen-bond acceptors (Lipinski definition) is 4. The SMILES string of the molecule is COCCN(CC(=O)Nc1cc(C(C)(C)C)nn1-c1ccccc1C)C(=O)c1ccc(C(C)(C)C)cc1. The second-order valence-electron chi connectivity index (χ2n) is 11.5. The van der Waals surface area contributed by atoms with Gasteiger partial charge in [0.2, 0.25) is 5.91 Å². The van der Waals surface area contributed by atoms with Gasteiger partial charge in [0.25, 0.3) is 5.91 Å². The van der Waals surface area contributed by atoms with Crippen LogP contribution in [0.1, 0.15) is 68.7 Å². The molecule has 2 amide bonds. The van der Waals surface area contributed by atoms with Gasteiger partial charge in [-0.1, -0.05) is 71.9 Å². The predicted octanol–water partition coefficient (Wildman–Crippen LogP) is 5.50. The normalized spacial score (nSPS) is 11.9. The molecule has 0 radical (unpaired) electrons. The Morgan fingerprint density at radius 3 is 2.19 bits per heavy atom. The van der Waals surface area contributed by atoms with Crippen LogP contribution in [0.3, 0.4) is 0 Å². The van der Waals surface area contributed by atoms with E-state index in [2.05, 4.69) is 46.9 Å². The number of rotatable bonds is 8. The molecule has 1 aromatic heterocycles. The number of nitrogens with one attached hydrogen (secondary N) is 1. The average Bonchev–Trinajstić information content (AvgIpc) is 3.25. The van der Waals surface area contributed by atoms with Crippen molar-refractivity contribution in [2.24, 2.45) is 0 Å². The number of ether oxygens (including phenoxy) is 1. The average molecular weight is 505 g/mol. The zero-order valence-electron chi connectivity index (χ0n) is 23.4. The minimum atomic E-state index is -0.300. The van der Waals surface area contributed by atoms with Crippen molar-refractivity contribution in [3.63, 3.8) is 0 Å². The standard InChI is InChI=1S/C30H40N4O3/c1-21-11-9-10-12-24(21)34-26(19-25(32-34)30(5,6)7)31-27(35)20-33(17-18-37-8)28(36)22-13-15-23(16-14-22)29(2,3)4/h9-16,19H,17-18,20H2,1-8H3,(H,31,35). The van der Waals surface area contributed by atoms with Gasteiger partial charge in [-0.05, 0) is 41.7 Å². The van der Waals surface area contributed by atoms with Crippen molar-refractivity contribution >= 4 is 17.6 Å². The lowest BCUT2D eigenvalue weighted by Gasteiger charge is -2.23. The second kappa shape index (κ2) is 11.3. The molecule has 0 spiro atoms. The van der Waals surface area contributed by atoms with Gasteiger partial charge in [0.05, 0.1) is 18.0 Å². The summed E-state index contributed by atoms with van der Waals surface area (Å²) in [6, 6.07) is 17.4. The third kappa shape index (κ3) is 7.07. The van der Waals surface area contributed by atoms with E-state index in [9.17, 15) is 9.59 Å². The Labute approximate surface area is 220 Å². The highest BCUT2D eigenvalue weighted by molar-refractivity contribution is 5.99. The molecule has 1 N–H and O–H groups in total. The van der Waals surface area contributed by atoms with Gasteiger partial charge in [-0.3, -0.25) is 9.59 Å². The van der Waals surface area contributed by atoms with Gasteiger partial charge in [-0.15, -0.1) is 0 Å². The van der Waals surface area contributed by atoms with E-state index >= 15 is 0 Å². The smallest absolute Gasteiger partial charge is 0.254 e. The molecule has 0 aliphatic carbocycles. The van der Waals surface area contributed by atoms with Gasteiger partial charge in [-0.2, -0.15) is 5.10 Å². The predicted molar refractivity (Wildman–Crippen MR) is 149 cm³/mol.